The zero-order valence-electron chi connectivity index (χ0n) is 6.97. The molecule has 0 fully saturated rings. The van der Waals surface area contributed by atoms with Crippen LogP contribution in [-0.4, -0.2) is 33.9 Å². The number of thioether (sulfide) groups is 1. The Hall–Kier alpha value is -0.810. The molecule has 1 aliphatic carbocycles. The van der Waals surface area contributed by atoms with E-state index in [4.69, 9.17) is 10.8 Å². The van der Waals surface area contributed by atoms with Gasteiger partial charge in [-0.05, 0) is 12.5 Å². The first-order chi connectivity index (χ1) is 6.11. The predicted molar refractivity (Wildman–Crippen MR) is 50.6 cm³/mol. The second-order valence-corrected chi connectivity index (χ2v) is 4.04. The summed E-state index contributed by atoms with van der Waals surface area (Å²) in [5.41, 5.74) is 5.29. The van der Waals surface area contributed by atoms with E-state index in [-0.39, 0.29) is 16.8 Å². The van der Waals surface area contributed by atoms with Crippen molar-refractivity contribution in [2.24, 2.45) is 5.73 Å². The van der Waals surface area contributed by atoms with Crippen LogP contribution in [0.25, 0.3) is 0 Å². The van der Waals surface area contributed by atoms with Crippen LogP contribution in [0.3, 0.4) is 0 Å². The summed E-state index contributed by atoms with van der Waals surface area (Å²) >= 11 is 1.31. The number of hydrogen-bond acceptors (Lipinski definition) is 4. The average molecular weight is 201 g/mol. The minimum atomic E-state index is -1.02. The maximum Gasteiger partial charge on any atom is 0.321 e. The lowest BCUT2D eigenvalue weighted by atomic mass is 10.3. The Bertz CT molecular complexity index is 252. The first kappa shape index (κ1) is 10.3. The summed E-state index contributed by atoms with van der Waals surface area (Å²) in [6.07, 6.45) is 4.02. The van der Waals surface area contributed by atoms with Crippen molar-refractivity contribution in [3.8, 4) is 0 Å². The number of rotatable bonds is 4. The summed E-state index contributed by atoms with van der Waals surface area (Å²) in [4.78, 5) is 21.4. The number of aliphatic carboxylic acids is 1. The molecule has 0 aromatic rings. The number of nitrogens with two attached hydrogens (primary N) is 1. The Kier molecular flexibility index (Phi) is 3.50. The van der Waals surface area contributed by atoms with E-state index in [2.05, 4.69) is 0 Å². The van der Waals surface area contributed by atoms with Crippen LogP contribution in [0, 0.1) is 0 Å². The van der Waals surface area contributed by atoms with Crippen molar-refractivity contribution in [2.45, 2.75) is 17.7 Å². The van der Waals surface area contributed by atoms with Gasteiger partial charge >= 0.3 is 5.97 Å². The van der Waals surface area contributed by atoms with Gasteiger partial charge in [0.1, 0.15) is 6.04 Å². The summed E-state index contributed by atoms with van der Waals surface area (Å²) in [5.74, 6) is -0.679. The molecule has 0 aromatic carbocycles. The number of allylic oxidation sites excluding steroid dienone is 2. The van der Waals surface area contributed by atoms with Gasteiger partial charge in [0.2, 0.25) is 0 Å². The van der Waals surface area contributed by atoms with Crippen molar-refractivity contribution < 1.29 is 14.7 Å². The lowest BCUT2D eigenvalue weighted by molar-refractivity contribution is -0.137. The van der Waals surface area contributed by atoms with Gasteiger partial charge in [0.25, 0.3) is 0 Å². The fourth-order valence-corrected chi connectivity index (χ4v) is 2.04. The van der Waals surface area contributed by atoms with Crippen molar-refractivity contribution in [1.29, 1.82) is 0 Å². The van der Waals surface area contributed by atoms with E-state index in [1.807, 2.05) is 0 Å². The van der Waals surface area contributed by atoms with E-state index in [9.17, 15) is 9.59 Å². The number of ketones is 1. The van der Waals surface area contributed by atoms with Crippen molar-refractivity contribution in [3.63, 3.8) is 0 Å². The fourth-order valence-electron chi connectivity index (χ4n) is 0.973. The van der Waals surface area contributed by atoms with Crippen LogP contribution in [0.1, 0.15) is 6.42 Å². The first-order valence-electron chi connectivity index (χ1n) is 3.91. The van der Waals surface area contributed by atoms with Crippen molar-refractivity contribution in [2.75, 3.05) is 5.75 Å². The predicted octanol–water partition coefficient (Wildman–Crippen LogP) is 0.0291. The maximum atomic E-state index is 11.1. The third kappa shape index (κ3) is 2.86. The Labute approximate surface area is 80.2 Å². The van der Waals surface area contributed by atoms with Crippen LogP contribution in [-0.2, 0) is 9.59 Å². The van der Waals surface area contributed by atoms with Crippen molar-refractivity contribution in [3.05, 3.63) is 12.2 Å². The maximum absolute atomic E-state index is 11.1. The van der Waals surface area contributed by atoms with Gasteiger partial charge < -0.3 is 10.8 Å². The van der Waals surface area contributed by atoms with Gasteiger partial charge in [-0.1, -0.05) is 6.08 Å². The number of carbonyl (C=O) groups is 2. The molecule has 0 spiro atoms. The summed E-state index contributed by atoms with van der Waals surface area (Å²) in [7, 11) is 0. The van der Waals surface area contributed by atoms with Crippen molar-refractivity contribution in [1.82, 2.24) is 0 Å². The molecule has 4 nitrogen and oxygen atoms in total. The molecule has 72 valence electrons. The molecule has 2 atom stereocenters. The first-order valence-corrected chi connectivity index (χ1v) is 4.96. The highest BCUT2D eigenvalue weighted by molar-refractivity contribution is 8.00. The lowest BCUT2D eigenvalue weighted by Crippen LogP contribution is -2.33. The van der Waals surface area contributed by atoms with E-state index in [0.29, 0.717) is 6.42 Å². The minimum Gasteiger partial charge on any atom is -0.480 e. The number of carbonyl (C=O) groups excluding carboxylic acids is 1. The summed E-state index contributed by atoms with van der Waals surface area (Å²) in [6.45, 7) is 0. The third-order valence-electron chi connectivity index (χ3n) is 1.74. The second kappa shape index (κ2) is 4.43. The molecule has 1 rings (SSSR count). The van der Waals surface area contributed by atoms with Crippen LogP contribution in [0.5, 0.6) is 0 Å². The summed E-state index contributed by atoms with van der Waals surface area (Å²) in [6, 6.07) is -0.876. The molecule has 0 aliphatic heterocycles. The number of hydrogen-bond donors (Lipinski definition) is 2. The van der Waals surface area contributed by atoms with Gasteiger partial charge in [0, 0.05) is 5.75 Å². The molecule has 0 radical (unpaired) electrons. The standard InChI is InChI=1S/C8H11NO3S/c9-5(8(11)12)4-13-7-3-1-2-6(7)10/h1-2,5,7H,3-4,9H2,(H,11,12). The van der Waals surface area contributed by atoms with E-state index < -0.39 is 12.0 Å². The fraction of sp³-hybridized carbons (Fsp3) is 0.500. The van der Waals surface area contributed by atoms with Gasteiger partial charge in [-0.3, -0.25) is 9.59 Å². The normalized spacial score (nSPS) is 23.5. The molecule has 0 aromatic heterocycles. The molecule has 1 aliphatic rings. The van der Waals surface area contributed by atoms with Gasteiger partial charge in [-0.2, -0.15) is 0 Å². The Morgan fingerprint density at radius 3 is 3.00 bits per heavy atom. The molecule has 0 bridgehead atoms. The smallest absolute Gasteiger partial charge is 0.321 e. The molecule has 0 heterocycles. The quantitative estimate of drug-likeness (QED) is 0.670. The molecule has 0 saturated heterocycles. The Morgan fingerprint density at radius 1 is 1.85 bits per heavy atom. The van der Waals surface area contributed by atoms with Crippen LogP contribution in [0.15, 0.2) is 12.2 Å². The summed E-state index contributed by atoms with van der Waals surface area (Å²) in [5, 5.41) is 8.36. The molecule has 13 heavy (non-hydrogen) atoms. The topological polar surface area (TPSA) is 80.4 Å². The zero-order chi connectivity index (χ0) is 9.84. The minimum absolute atomic E-state index is 0.0580. The van der Waals surface area contributed by atoms with Crippen molar-refractivity contribution >= 4 is 23.5 Å². The molecule has 3 N–H and O–H groups in total. The van der Waals surface area contributed by atoms with Gasteiger partial charge in [-0.25, -0.2) is 0 Å². The molecule has 2 unspecified atom stereocenters. The molecule has 5 heteroatoms. The largest absolute Gasteiger partial charge is 0.480 e. The van der Waals surface area contributed by atoms with Gasteiger partial charge in [0.05, 0.1) is 5.25 Å². The average Bonchev–Trinajstić information content (AvgIpc) is 2.47. The monoisotopic (exact) mass is 201 g/mol. The van der Waals surface area contributed by atoms with Gasteiger partial charge in [-0.15, -0.1) is 11.8 Å². The van der Waals surface area contributed by atoms with Crippen LogP contribution in [0.4, 0.5) is 0 Å². The molecular weight excluding hydrogens is 190 g/mol. The third-order valence-corrected chi connectivity index (χ3v) is 3.12. The highest BCUT2D eigenvalue weighted by Gasteiger charge is 2.22. The zero-order valence-corrected chi connectivity index (χ0v) is 7.79. The van der Waals surface area contributed by atoms with Gasteiger partial charge in [0.15, 0.2) is 5.78 Å². The van der Waals surface area contributed by atoms with E-state index in [1.54, 1.807) is 6.08 Å². The Balaban J connectivity index is 2.27. The number of carboxylic acids is 1. The highest BCUT2D eigenvalue weighted by Crippen LogP contribution is 2.21. The highest BCUT2D eigenvalue weighted by atomic mass is 32.2. The van der Waals surface area contributed by atoms with Crippen LogP contribution < -0.4 is 5.73 Å². The molecular formula is C8H11NO3S. The van der Waals surface area contributed by atoms with Crippen LogP contribution in [0.2, 0.25) is 0 Å². The molecule has 0 saturated carbocycles. The van der Waals surface area contributed by atoms with E-state index in [0.717, 1.165) is 0 Å². The van der Waals surface area contributed by atoms with E-state index in [1.165, 1.54) is 17.8 Å². The molecule has 0 amide bonds. The second-order valence-electron chi connectivity index (χ2n) is 2.81. The lowest BCUT2D eigenvalue weighted by Gasteiger charge is -2.09. The summed E-state index contributed by atoms with van der Waals surface area (Å²) < 4.78 is 0. The Morgan fingerprint density at radius 2 is 2.54 bits per heavy atom. The SMILES string of the molecule is NC(CSC1CC=CC1=O)C(=O)O. The number of carboxylic acid groups (broad SMARTS) is 1. The van der Waals surface area contributed by atoms with Crippen LogP contribution >= 0.6 is 11.8 Å². The van der Waals surface area contributed by atoms with E-state index >= 15 is 0 Å².